The summed E-state index contributed by atoms with van der Waals surface area (Å²) in [4.78, 5) is 12.4. The minimum Gasteiger partial charge on any atom is -0.413 e. The lowest BCUT2D eigenvalue weighted by Crippen LogP contribution is -2.49. The molecular formula is C39H66O3Si2. The number of carbonyl (C=O) groups excluding carboxylic acids is 1. The Hall–Kier alpha value is -1.02. The average Bonchev–Trinajstić information content (AvgIpc) is 3.68. The highest BCUT2D eigenvalue weighted by molar-refractivity contribution is 6.74. The smallest absolute Gasteiger partial charge is 0.192 e. The lowest BCUT2D eigenvalue weighted by molar-refractivity contribution is -0.115. The van der Waals surface area contributed by atoms with Crippen LogP contribution in [0.4, 0.5) is 0 Å². The summed E-state index contributed by atoms with van der Waals surface area (Å²) in [6.07, 6.45) is 19.5. The molecule has 248 valence electrons. The van der Waals surface area contributed by atoms with E-state index >= 15 is 0 Å². The SMILES string of the molecule is C=C1C(=CC=C2CCC[C@@]3(C)C2CC[C@@H]3[C@H](C)C=CC(=O)C2CC2)C[C@@H](O[Si](C)(C)C(C)(C)C)C[C@@H]1O[Si](C)(C)C(C)(C)C. The zero-order valence-corrected chi connectivity index (χ0v) is 32.6. The lowest BCUT2D eigenvalue weighted by Gasteiger charge is -2.45. The van der Waals surface area contributed by atoms with Crippen molar-refractivity contribution in [1.82, 2.24) is 0 Å². The Labute approximate surface area is 273 Å². The van der Waals surface area contributed by atoms with Crippen molar-refractivity contribution >= 4 is 22.4 Å². The molecule has 0 saturated heterocycles. The fourth-order valence-corrected chi connectivity index (χ4v) is 10.5. The Kier molecular flexibility index (Phi) is 10.5. The maximum absolute atomic E-state index is 12.4. The highest BCUT2D eigenvalue weighted by atomic mass is 28.4. The monoisotopic (exact) mass is 638 g/mol. The van der Waals surface area contributed by atoms with E-state index in [2.05, 4.69) is 106 Å². The number of carbonyl (C=O) groups is 1. The number of ketones is 1. The van der Waals surface area contributed by atoms with Gasteiger partial charge in [-0.25, -0.2) is 0 Å². The van der Waals surface area contributed by atoms with E-state index in [1.165, 1.54) is 43.3 Å². The molecule has 4 saturated carbocycles. The van der Waals surface area contributed by atoms with Crippen LogP contribution < -0.4 is 0 Å². The summed E-state index contributed by atoms with van der Waals surface area (Å²) in [7, 11) is -3.91. The van der Waals surface area contributed by atoms with Gasteiger partial charge in [0.2, 0.25) is 0 Å². The van der Waals surface area contributed by atoms with Crippen LogP contribution in [0.3, 0.4) is 0 Å². The van der Waals surface area contributed by atoms with E-state index in [4.69, 9.17) is 8.85 Å². The molecule has 4 aliphatic rings. The van der Waals surface area contributed by atoms with Crippen LogP contribution in [0, 0.1) is 29.1 Å². The molecular weight excluding hydrogens is 573 g/mol. The second-order valence-corrected chi connectivity index (χ2v) is 27.8. The second-order valence-electron chi connectivity index (χ2n) is 18.3. The van der Waals surface area contributed by atoms with Gasteiger partial charge in [-0.1, -0.05) is 85.8 Å². The topological polar surface area (TPSA) is 35.5 Å². The van der Waals surface area contributed by atoms with Crippen molar-refractivity contribution in [3.05, 3.63) is 47.6 Å². The minimum absolute atomic E-state index is 0.0162. The highest BCUT2D eigenvalue weighted by Crippen LogP contribution is 2.59. The average molecular weight is 639 g/mol. The Bertz CT molecular complexity index is 1170. The molecule has 0 amide bonds. The van der Waals surface area contributed by atoms with Crippen molar-refractivity contribution in [3.63, 3.8) is 0 Å². The van der Waals surface area contributed by atoms with Crippen LogP contribution >= 0.6 is 0 Å². The first kappa shape index (κ1) is 35.8. The normalized spacial score (nSPS) is 33.3. The molecule has 0 aliphatic heterocycles. The Balaban J connectivity index is 1.58. The molecule has 0 bridgehead atoms. The van der Waals surface area contributed by atoms with Gasteiger partial charge >= 0.3 is 0 Å². The number of fused-ring (bicyclic) bond motifs is 1. The van der Waals surface area contributed by atoms with Gasteiger partial charge < -0.3 is 8.85 Å². The molecule has 0 N–H and O–H groups in total. The van der Waals surface area contributed by atoms with Crippen LogP contribution in [-0.4, -0.2) is 34.6 Å². The Morgan fingerprint density at radius 2 is 1.57 bits per heavy atom. The molecule has 5 heteroatoms. The van der Waals surface area contributed by atoms with Crippen molar-refractivity contribution in [2.45, 2.75) is 162 Å². The van der Waals surface area contributed by atoms with Crippen LogP contribution in [0.15, 0.2) is 47.6 Å². The van der Waals surface area contributed by atoms with Crippen LogP contribution in [0.2, 0.25) is 36.3 Å². The van der Waals surface area contributed by atoms with Crippen LogP contribution in [0.25, 0.3) is 0 Å². The predicted molar refractivity (Wildman–Crippen MR) is 193 cm³/mol. The Morgan fingerprint density at radius 3 is 2.16 bits per heavy atom. The number of hydrogen-bond acceptors (Lipinski definition) is 3. The van der Waals surface area contributed by atoms with Crippen molar-refractivity contribution in [2.24, 2.45) is 29.1 Å². The van der Waals surface area contributed by atoms with Gasteiger partial charge in [0.25, 0.3) is 0 Å². The molecule has 0 aromatic rings. The van der Waals surface area contributed by atoms with Gasteiger partial charge in [-0.3, -0.25) is 4.79 Å². The first-order valence-corrected chi connectivity index (χ1v) is 23.6. The summed E-state index contributed by atoms with van der Waals surface area (Å²) >= 11 is 0. The summed E-state index contributed by atoms with van der Waals surface area (Å²) in [5.41, 5.74) is 4.43. The van der Waals surface area contributed by atoms with E-state index in [0.717, 1.165) is 25.7 Å². The summed E-state index contributed by atoms with van der Waals surface area (Å²) < 4.78 is 14.1. The predicted octanol–water partition coefficient (Wildman–Crippen LogP) is 11.4. The van der Waals surface area contributed by atoms with E-state index in [9.17, 15) is 4.79 Å². The molecule has 4 fully saturated rings. The quantitative estimate of drug-likeness (QED) is 0.186. The van der Waals surface area contributed by atoms with Gasteiger partial charge in [-0.2, -0.15) is 0 Å². The zero-order chi connectivity index (χ0) is 32.9. The van der Waals surface area contributed by atoms with Gasteiger partial charge in [0.05, 0.1) is 12.2 Å². The third kappa shape index (κ3) is 7.74. The van der Waals surface area contributed by atoms with Crippen LogP contribution in [0.5, 0.6) is 0 Å². The highest BCUT2D eigenvalue weighted by Gasteiger charge is 2.50. The maximum Gasteiger partial charge on any atom is 0.192 e. The number of allylic oxidation sites excluding steroid dienone is 5. The van der Waals surface area contributed by atoms with E-state index in [-0.39, 0.29) is 22.3 Å². The van der Waals surface area contributed by atoms with Gasteiger partial charge in [0, 0.05) is 12.3 Å². The lowest BCUT2D eigenvalue weighted by atomic mass is 9.61. The zero-order valence-electron chi connectivity index (χ0n) is 30.6. The molecule has 44 heavy (non-hydrogen) atoms. The van der Waals surface area contributed by atoms with E-state index in [1.807, 2.05) is 6.08 Å². The van der Waals surface area contributed by atoms with E-state index < -0.39 is 16.6 Å². The molecule has 6 atom stereocenters. The summed E-state index contributed by atoms with van der Waals surface area (Å²) in [5.74, 6) is 2.39. The molecule has 4 aliphatic carbocycles. The fraction of sp³-hybridized carbons (Fsp3) is 0.769. The molecule has 0 heterocycles. The van der Waals surface area contributed by atoms with Gasteiger partial charge in [0.1, 0.15) is 0 Å². The van der Waals surface area contributed by atoms with Crippen LogP contribution in [-0.2, 0) is 13.6 Å². The van der Waals surface area contributed by atoms with Crippen molar-refractivity contribution in [3.8, 4) is 0 Å². The van der Waals surface area contributed by atoms with Gasteiger partial charge in [-0.15, -0.1) is 0 Å². The van der Waals surface area contributed by atoms with E-state index in [0.29, 0.717) is 34.9 Å². The molecule has 1 unspecified atom stereocenters. The van der Waals surface area contributed by atoms with Gasteiger partial charge in [0.15, 0.2) is 22.4 Å². The molecule has 3 nitrogen and oxygen atoms in total. The van der Waals surface area contributed by atoms with Crippen molar-refractivity contribution < 1.29 is 13.6 Å². The largest absolute Gasteiger partial charge is 0.413 e. The fourth-order valence-electron chi connectivity index (χ4n) is 7.79. The number of hydrogen-bond donors (Lipinski definition) is 0. The van der Waals surface area contributed by atoms with E-state index in [1.54, 1.807) is 5.57 Å². The summed E-state index contributed by atoms with van der Waals surface area (Å²) in [5, 5.41) is 0.321. The van der Waals surface area contributed by atoms with Crippen molar-refractivity contribution in [2.75, 3.05) is 0 Å². The molecule has 0 aromatic heterocycles. The Morgan fingerprint density at radius 1 is 0.955 bits per heavy atom. The minimum atomic E-state index is -1.98. The van der Waals surface area contributed by atoms with Gasteiger partial charge in [-0.05, 0) is 128 Å². The maximum atomic E-state index is 12.4. The third-order valence-corrected chi connectivity index (χ3v) is 22.0. The summed E-state index contributed by atoms with van der Waals surface area (Å²) in [6, 6.07) is 0. The first-order valence-electron chi connectivity index (χ1n) is 17.8. The van der Waals surface area contributed by atoms with Crippen molar-refractivity contribution in [1.29, 1.82) is 0 Å². The molecule has 0 spiro atoms. The second kappa shape index (κ2) is 12.9. The van der Waals surface area contributed by atoms with Crippen LogP contribution in [0.1, 0.15) is 113 Å². The standard InChI is InChI=1S/C39H66O3Si2/c1-27(16-23-35(40)30-18-19-30)33-21-22-34-29(15-14-24-39(33,34)9)17-20-31-25-32(41-43(10,11)37(3,4)5)26-36(28(31)2)42-44(12,13)38(6,7)8/h16-17,20,23,27,30,32-34,36H,2,14-15,18-19,21-22,24-26H2,1,3-13H3/t27-,32-,33-,34?,36+,39-/m1/s1. The first-order chi connectivity index (χ1) is 20.2. The molecule has 4 rings (SSSR count). The number of rotatable bonds is 9. The molecule has 0 radical (unpaired) electrons. The molecule has 0 aromatic carbocycles. The summed E-state index contributed by atoms with van der Waals surface area (Å²) in [6.45, 7) is 33.0. The third-order valence-electron chi connectivity index (χ3n) is 13.0.